The van der Waals surface area contributed by atoms with E-state index in [0.29, 0.717) is 17.7 Å². The normalized spacial score (nSPS) is 22.4. The topological polar surface area (TPSA) is 97.9 Å². The molecule has 1 amide bonds. The van der Waals surface area contributed by atoms with Crippen LogP contribution >= 0.6 is 0 Å². The predicted octanol–water partition coefficient (Wildman–Crippen LogP) is 1.37. The van der Waals surface area contributed by atoms with Crippen molar-refractivity contribution in [1.82, 2.24) is 29.9 Å². The molecular weight excluding hydrogens is 332 g/mol. The summed E-state index contributed by atoms with van der Waals surface area (Å²) in [5.74, 6) is -0.188. The Labute approximate surface area is 150 Å². The van der Waals surface area contributed by atoms with Gasteiger partial charge in [0.15, 0.2) is 5.65 Å². The molecule has 1 saturated carbocycles. The Kier molecular flexibility index (Phi) is 3.99. The molecule has 4 rings (SSSR count). The van der Waals surface area contributed by atoms with E-state index in [0.717, 1.165) is 23.1 Å². The van der Waals surface area contributed by atoms with Crippen LogP contribution in [0.15, 0.2) is 24.7 Å². The minimum absolute atomic E-state index is 0.162. The molecule has 2 N–H and O–H groups in total. The van der Waals surface area contributed by atoms with Crippen LogP contribution in [0.4, 0.5) is 0 Å². The van der Waals surface area contributed by atoms with Crippen molar-refractivity contribution < 1.29 is 9.90 Å². The van der Waals surface area contributed by atoms with Crippen LogP contribution in [0.3, 0.4) is 0 Å². The fraction of sp³-hybridized carbons (Fsp3) is 0.444. The molecule has 0 aliphatic heterocycles. The molecule has 1 aliphatic rings. The van der Waals surface area contributed by atoms with E-state index in [1.807, 2.05) is 37.7 Å². The molecule has 8 heteroatoms. The first-order chi connectivity index (χ1) is 12.5. The molecule has 26 heavy (non-hydrogen) atoms. The number of amides is 1. The molecule has 0 bridgehead atoms. The zero-order valence-electron chi connectivity index (χ0n) is 15.0. The van der Waals surface area contributed by atoms with Crippen molar-refractivity contribution in [2.24, 2.45) is 0 Å². The highest BCUT2D eigenvalue weighted by atomic mass is 16.3. The Bertz CT molecular complexity index is 975. The van der Waals surface area contributed by atoms with Gasteiger partial charge in [0.2, 0.25) is 0 Å². The average Bonchev–Trinajstić information content (AvgIpc) is 3.18. The van der Waals surface area contributed by atoms with Gasteiger partial charge in [0.05, 0.1) is 41.8 Å². The number of hydrogen-bond acceptors (Lipinski definition) is 5. The average molecular weight is 354 g/mol. The van der Waals surface area contributed by atoms with Gasteiger partial charge in [0, 0.05) is 18.1 Å². The van der Waals surface area contributed by atoms with Crippen LogP contribution < -0.4 is 5.32 Å². The molecule has 136 valence electrons. The second-order valence-corrected chi connectivity index (χ2v) is 6.87. The van der Waals surface area contributed by atoms with Gasteiger partial charge in [-0.3, -0.25) is 9.48 Å². The maximum atomic E-state index is 12.8. The molecule has 3 heterocycles. The quantitative estimate of drug-likeness (QED) is 0.737. The highest BCUT2D eigenvalue weighted by Gasteiger charge is 2.43. The highest BCUT2D eigenvalue weighted by Crippen LogP contribution is 2.33. The summed E-state index contributed by atoms with van der Waals surface area (Å²) in [5, 5.41) is 22.5. The minimum Gasteiger partial charge on any atom is -0.391 e. The SMILES string of the molecule is CCn1ncc2cc(C(=O)N[C@H]3C[C@@H](O)[C@@H]3n3cc(C)cn3)c(C)nc21. The Balaban J connectivity index is 1.56. The summed E-state index contributed by atoms with van der Waals surface area (Å²) >= 11 is 0. The Morgan fingerprint density at radius 1 is 1.35 bits per heavy atom. The smallest absolute Gasteiger partial charge is 0.253 e. The lowest BCUT2D eigenvalue weighted by atomic mass is 9.82. The fourth-order valence-corrected chi connectivity index (χ4v) is 3.52. The molecule has 8 nitrogen and oxygen atoms in total. The highest BCUT2D eigenvalue weighted by molar-refractivity contribution is 5.98. The lowest BCUT2D eigenvalue weighted by Gasteiger charge is -2.41. The monoisotopic (exact) mass is 354 g/mol. The number of aliphatic hydroxyl groups excluding tert-OH is 1. The Hall–Kier alpha value is -2.74. The molecule has 1 aliphatic carbocycles. The molecule has 3 atom stereocenters. The van der Waals surface area contributed by atoms with Crippen molar-refractivity contribution in [2.45, 2.75) is 51.9 Å². The number of nitrogens with zero attached hydrogens (tertiary/aromatic N) is 5. The van der Waals surface area contributed by atoms with Gasteiger partial charge in [-0.2, -0.15) is 10.2 Å². The van der Waals surface area contributed by atoms with Gasteiger partial charge in [0.25, 0.3) is 5.91 Å². The van der Waals surface area contributed by atoms with Gasteiger partial charge in [-0.05, 0) is 38.8 Å². The third-order valence-corrected chi connectivity index (χ3v) is 5.00. The van der Waals surface area contributed by atoms with Gasteiger partial charge in [-0.1, -0.05) is 0 Å². The van der Waals surface area contributed by atoms with Crippen molar-refractivity contribution in [2.75, 3.05) is 0 Å². The van der Waals surface area contributed by atoms with E-state index in [4.69, 9.17) is 0 Å². The van der Waals surface area contributed by atoms with Crippen LogP contribution in [0.25, 0.3) is 11.0 Å². The number of aliphatic hydroxyl groups is 1. The van der Waals surface area contributed by atoms with Crippen LogP contribution in [0.2, 0.25) is 0 Å². The maximum absolute atomic E-state index is 12.8. The predicted molar refractivity (Wildman–Crippen MR) is 95.8 cm³/mol. The summed E-state index contributed by atoms with van der Waals surface area (Å²) in [4.78, 5) is 17.3. The van der Waals surface area contributed by atoms with Crippen LogP contribution in [0.1, 0.15) is 41.0 Å². The number of aromatic nitrogens is 5. The summed E-state index contributed by atoms with van der Waals surface area (Å²) in [6, 6.07) is 1.42. The van der Waals surface area contributed by atoms with Crippen molar-refractivity contribution in [3.63, 3.8) is 0 Å². The lowest BCUT2D eigenvalue weighted by molar-refractivity contribution is -0.00591. The number of fused-ring (bicyclic) bond motifs is 1. The van der Waals surface area contributed by atoms with E-state index in [2.05, 4.69) is 20.5 Å². The summed E-state index contributed by atoms with van der Waals surface area (Å²) < 4.78 is 3.54. The summed E-state index contributed by atoms with van der Waals surface area (Å²) in [5.41, 5.74) is 3.00. The van der Waals surface area contributed by atoms with Gasteiger partial charge in [-0.25, -0.2) is 9.67 Å². The van der Waals surface area contributed by atoms with Crippen molar-refractivity contribution in [3.05, 3.63) is 41.5 Å². The molecule has 3 aromatic heterocycles. The van der Waals surface area contributed by atoms with E-state index in [-0.39, 0.29) is 18.0 Å². The largest absolute Gasteiger partial charge is 0.391 e. The number of aryl methyl sites for hydroxylation is 3. The van der Waals surface area contributed by atoms with E-state index in [9.17, 15) is 9.90 Å². The maximum Gasteiger partial charge on any atom is 0.253 e. The first kappa shape index (κ1) is 16.7. The lowest BCUT2D eigenvalue weighted by Crippen LogP contribution is -2.56. The zero-order chi connectivity index (χ0) is 18.4. The van der Waals surface area contributed by atoms with Crippen LogP contribution in [0, 0.1) is 13.8 Å². The zero-order valence-corrected chi connectivity index (χ0v) is 15.0. The van der Waals surface area contributed by atoms with Gasteiger partial charge >= 0.3 is 0 Å². The Morgan fingerprint density at radius 2 is 2.15 bits per heavy atom. The molecule has 0 unspecified atom stereocenters. The minimum atomic E-state index is -0.510. The summed E-state index contributed by atoms with van der Waals surface area (Å²) in [7, 11) is 0. The standard InChI is InChI=1S/C18H22N6O2/c1-4-23-17-12(8-20-23)5-13(11(3)21-17)18(26)22-14-6-15(25)16(14)24-9-10(2)7-19-24/h5,7-9,14-16,25H,4,6H2,1-3H3,(H,22,26)/t14-,15+,16+/m0/s1. The van der Waals surface area contributed by atoms with Crippen molar-refractivity contribution in [1.29, 1.82) is 0 Å². The van der Waals surface area contributed by atoms with E-state index >= 15 is 0 Å². The molecule has 0 aromatic carbocycles. The molecular formula is C18H22N6O2. The molecule has 0 saturated heterocycles. The number of pyridine rings is 1. The fourth-order valence-electron chi connectivity index (χ4n) is 3.52. The number of nitrogens with one attached hydrogen (secondary N) is 1. The van der Waals surface area contributed by atoms with E-state index < -0.39 is 6.10 Å². The molecule has 0 spiro atoms. The number of carbonyl (C=O) groups is 1. The third kappa shape index (κ3) is 2.66. The van der Waals surface area contributed by atoms with E-state index in [1.165, 1.54) is 0 Å². The number of rotatable bonds is 4. The second kappa shape index (κ2) is 6.21. The van der Waals surface area contributed by atoms with Gasteiger partial charge < -0.3 is 10.4 Å². The van der Waals surface area contributed by atoms with Crippen LogP contribution in [-0.4, -0.2) is 47.7 Å². The summed E-state index contributed by atoms with van der Waals surface area (Å²) in [6.45, 7) is 6.50. The van der Waals surface area contributed by atoms with Crippen LogP contribution in [-0.2, 0) is 6.54 Å². The number of hydrogen-bond donors (Lipinski definition) is 2. The van der Waals surface area contributed by atoms with Crippen LogP contribution in [0.5, 0.6) is 0 Å². The van der Waals surface area contributed by atoms with Crippen molar-refractivity contribution >= 4 is 16.9 Å². The molecule has 0 radical (unpaired) electrons. The first-order valence-corrected chi connectivity index (χ1v) is 8.80. The second-order valence-electron chi connectivity index (χ2n) is 6.87. The van der Waals surface area contributed by atoms with Crippen molar-refractivity contribution in [3.8, 4) is 0 Å². The van der Waals surface area contributed by atoms with E-state index in [1.54, 1.807) is 17.1 Å². The molecule has 3 aromatic rings. The third-order valence-electron chi connectivity index (χ3n) is 5.00. The Morgan fingerprint density at radius 3 is 2.81 bits per heavy atom. The first-order valence-electron chi connectivity index (χ1n) is 8.80. The number of carbonyl (C=O) groups excluding carboxylic acids is 1. The molecule has 1 fully saturated rings. The van der Waals surface area contributed by atoms with Gasteiger partial charge in [-0.15, -0.1) is 0 Å². The summed E-state index contributed by atoms with van der Waals surface area (Å²) in [6.07, 6.45) is 5.35. The van der Waals surface area contributed by atoms with Gasteiger partial charge in [0.1, 0.15) is 0 Å².